The van der Waals surface area contributed by atoms with Crippen molar-refractivity contribution in [2.75, 3.05) is 40.4 Å². The Morgan fingerprint density at radius 2 is 1.75 bits per heavy atom. The zero-order chi connectivity index (χ0) is 15.9. The number of phenolic OH excluding ortho intramolecular Hbond substituents is 1. The van der Waals surface area contributed by atoms with Crippen LogP contribution < -0.4 is 14.8 Å². The van der Waals surface area contributed by atoms with E-state index in [-0.39, 0.29) is 36.6 Å². The van der Waals surface area contributed by atoms with Gasteiger partial charge >= 0.3 is 0 Å². The van der Waals surface area contributed by atoms with Crippen LogP contribution in [0.25, 0.3) is 0 Å². The van der Waals surface area contributed by atoms with Gasteiger partial charge in [-0.3, -0.25) is 4.90 Å². The smallest absolute Gasteiger partial charge is 0.200 e. The first-order valence-corrected chi connectivity index (χ1v) is 7.71. The Morgan fingerprint density at radius 3 is 2.21 bits per heavy atom. The molecule has 1 fully saturated rings. The quantitative estimate of drug-likeness (QED) is 0.713. The lowest BCUT2D eigenvalue weighted by molar-refractivity contribution is 0.165. The maximum atomic E-state index is 10.1. The number of phenols is 1. The Kier molecular flexibility index (Phi) is 10.9. The van der Waals surface area contributed by atoms with Gasteiger partial charge in [-0.2, -0.15) is 0 Å². The van der Waals surface area contributed by atoms with Gasteiger partial charge in [0.1, 0.15) is 0 Å². The van der Waals surface area contributed by atoms with Gasteiger partial charge in [-0.05, 0) is 30.5 Å². The van der Waals surface area contributed by atoms with E-state index in [1.165, 1.54) is 0 Å². The molecule has 2 N–H and O–H groups in total. The predicted octanol–water partition coefficient (Wildman–Crippen LogP) is 3.17. The number of halogens is 2. The molecule has 24 heavy (non-hydrogen) atoms. The minimum Gasteiger partial charge on any atom is -0.502 e. The minimum absolute atomic E-state index is 0. The highest BCUT2D eigenvalue weighted by molar-refractivity contribution is 5.85. The molecular formula is C17H28Cl2N2O3. The number of piperazine rings is 1. The number of nitrogens with zero attached hydrogens (tertiary/aromatic N) is 1. The number of nitrogens with one attached hydrogen (secondary N) is 1. The third-order valence-electron chi connectivity index (χ3n) is 4.12. The first-order valence-electron chi connectivity index (χ1n) is 7.71. The van der Waals surface area contributed by atoms with E-state index in [0.717, 1.165) is 44.6 Å². The fourth-order valence-electron chi connectivity index (χ4n) is 2.94. The second-order valence-corrected chi connectivity index (χ2v) is 5.44. The number of methoxy groups -OCH3 is 2. The summed E-state index contributed by atoms with van der Waals surface area (Å²) in [6.45, 7) is 7.84. The van der Waals surface area contributed by atoms with E-state index in [0.29, 0.717) is 11.5 Å². The lowest BCUT2D eigenvalue weighted by atomic mass is 9.98. The van der Waals surface area contributed by atoms with Crippen LogP contribution >= 0.6 is 24.8 Å². The highest BCUT2D eigenvalue weighted by atomic mass is 35.5. The molecule has 5 nitrogen and oxygen atoms in total. The Labute approximate surface area is 156 Å². The molecule has 2 rings (SSSR count). The molecule has 0 amide bonds. The highest BCUT2D eigenvalue weighted by Crippen LogP contribution is 2.40. The van der Waals surface area contributed by atoms with E-state index in [9.17, 15) is 5.11 Å². The molecule has 1 aromatic rings. The van der Waals surface area contributed by atoms with Crippen LogP contribution in [0.5, 0.6) is 17.2 Å². The molecular weight excluding hydrogens is 351 g/mol. The summed E-state index contributed by atoms with van der Waals surface area (Å²) < 4.78 is 10.6. The zero-order valence-electron chi connectivity index (χ0n) is 14.3. The van der Waals surface area contributed by atoms with Gasteiger partial charge in [0.15, 0.2) is 11.5 Å². The monoisotopic (exact) mass is 378 g/mol. The Bertz CT molecular complexity index is 484. The van der Waals surface area contributed by atoms with Crippen LogP contribution in [0, 0.1) is 0 Å². The van der Waals surface area contributed by atoms with E-state index in [4.69, 9.17) is 9.47 Å². The van der Waals surface area contributed by atoms with Gasteiger partial charge in [0, 0.05) is 32.2 Å². The summed E-state index contributed by atoms with van der Waals surface area (Å²) in [6, 6.07) is 4.09. The van der Waals surface area contributed by atoms with Gasteiger partial charge in [0.05, 0.1) is 14.2 Å². The normalized spacial score (nSPS) is 15.6. The molecule has 0 aromatic heterocycles. The van der Waals surface area contributed by atoms with Crippen molar-refractivity contribution in [3.63, 3.8) is 0 Å². The number of hydrogen-bond donors (Lipinski definition) is 2. The summed E-state index contributed by atoms with van der Waals surface area (Å²) in [4.78, 5) is 2.46. The van der Waals surface area contributed by atoms with E-state index in [1.807, 2.05) is 18.2 Å². The Morgan fingerprint density at radius 1 is 1.21 bits per heavy atom. The number of rotatable bonds is 7. The lowest BCUT2D eigenvalue weighted by Gasteiger charge is -2.35. The van der Waals surface area contributed by atoms with Gasteiger partial charge in [-0.1, -0.05) is 6.08 Å². The van der Waals surface area contributed by atoms with E-state index in [2.05, 4.69) is 16.8 Å². The molecule has 1 atom stereocenters. The molecule has 0 radical (unpaired) electrons. The van der Waals surface area contributed by atoms with Crippen LogP contribution in [0.1, 0.15) is 24.4 Å². The average Bonchev–Trinajstić information content (AvgIpc) is 2.57. The largest absolute Gasteiger partial charge is 0.502 e. The van der Waals surface area contributed by atoms with Crippen molar-refractivity contribution >= 4 is 24.8 Å². The molecule has 0 unspecified atom stereocenters. The number of aromatic hydroxyl groups is 1. The topological polar surface area (TPSA) is 54.0 Å². The molecule has 7 heteroatoms. The number of ether oxygens (including phenoxy) is 2. The van der Waals surface area contributed by atoms with Crippen LogP contribution in [0.15, 0.2) is 24.8 Å². The van der Waals surface area contributed by atoms with Gasteiger partial charge in [0.2, 0.25) is 5.75 Å². The van der Waals surface area contributed by atoms with Crippen LogP contribution in [0.2, 0.25) is 0 Å². The van der Waals surface area contributed by atoms with Crippen LogP contribution in [0.3, 0.4) is 0 Å². The van der Waals surface area contributed by atoms with Crippen molar-refractivity contribution < 1.29 is 14.6 Å². The molecule has 1 aliphatic heterocycles. The summed E-state index contributed by atoms with van der Waals surface area (Å²) in [6.07, 6.45) is 3.88. The van der Waals surface area contributed by atoms with Crippen molar-refractivity contribution in [1.82, 2.24) is 10.2 Å². The van der Waals surface area contributed by atoms with Crippen molar-refractivity contribution in [1.29, 1.82) is 0 Å². The number of benzene rings is 1. The van der Waals surface area contributed by atoms with Gasteiger partial charge in [0.25, 0.3) is 0 Å². The Hall–Kier alpha value is -1.14. The molecule has 0 saturated carbocycles. The summed E-state index contributed by atoms with van der Waals surface area (Å²) in [5, 5.41) is 13.5. The molecule has 0 bridgehead atoms. The molecule has 0 spiro atoms. The third-order valence-corrected chi connectivity index (χ3v) is 4.12. The van der Waals surface area contributed by atoms with Crippen molar-refractivity contribution in [3.8, 4) is 17.2 Å². The van der Waals surface area contributed by atoms with Crippen LogP contribution in [0.4, 0.5) is 0 Å². The molecule has 0 aliphatic carbocycles. The molecule has 1 aliphatic rings. The van der Waals surface area contributed by atoms with Crippen LogP contribution in [-0.4, -0.2) is 50.4 Å². The summed E-state index contributed by atoms with van der Waals surface area (Å²) in [5.41, 5.74) is 1.11. The zero-order valence-corrected chi connectivity index (χ0v) is 15.9. The molecule has 138 valence electrons. The molecule has 1 saturated heterocycles. The third kappa shape index (κ3) is 5.45. The lowest BCUT2D eigenvalue weighted by Crippen LogP contribution is -2.45. The number of hydrogen-bond acceptors (Lipinski definition) is 5. The fourth-order valence-corrected chi connectivity index (χ4v) is 2.94. The summed E-state index contributed by atoms with van der Waals surface area (Å²) in [5.74, 6) is 0.956. The SMILES string of the molecule is C=CCC[C@H](c1cc(OC)c(O)c(OC)c1)N1CCNCC1.Cl.Cl. The average molecular weight is 379 g/mol. The second kappa shape index (κ2) is 11.4. The minimum atomic E-state index is 0. The first kappa shape index (κ1) is 22.9. The van der Waals surface area contributed by atoms with Crippen LogP contribution in [-0.2, 0) is 0 Å². The first-order chi connectivity index (χ1) is 10.7. The second-order valence-electron chi connectivity index (χ2n) is 5.44. The maximum Gasteiger partial charge on any atom is 0.200 e. The van der Waals surface area contributed by atoms with Gasteiger partial charge < -0.3 is 19.9 Å². The van der Waals surface area contributed by atoms with Crippen molar-refractivity contribution in [2.45, 2.75) is 18.9 Å². The number of allylic oxidation sites excluding steroid dienone is 1. The standard InChI is InChI=1S/C17H26N2O3.2ClH/c1-4-5-6-14(19-9-7-18-8-10-19)13-11-15(21-2)17(20)16(12-13)22-3;;/h4,11-12,14,18,20H,1,5-10H2,2-3H3;2*1H/t14-;;/m1../s1. The van der Waals surface area contributed by atoms with E-state index >= 15 is 0 Å². The fraction of sp³-hybridized carbons (Fsp3) is 0.529. The molecule has 1 heterocycles. The highest BCUT2D eigenvalue weighted by Gasteiger charge is 2.24. The van der Waals surface area contributed by atoms with E-state index in [1.54, 1.807) is 14.2 Å². The van der Waals surface area contributed by atoms with E-state index < -0.39 is 0 Å². The van der Waals surface area contributed by atoms with Gasteiger partial charge in [-0.15, -0.1) is 31.4 Å². The van der Waals surface area contributed by atoms with Crippen molar-refractivity contribution in [3.05, 3.63) is 30.4 Å². The maximum absolute atomic E-state index is 10.1. The van der Waals surface area contributed by atoms with Gasteiger partial charge in [-0.25, -0.2) is 0 Å². The Balaban J connectivity index is 0.00000264. The summed E-state index contributed by atoms with van der Waals surface area (Å²) in [7, 11) is 3.11. The van der Waals surface area contributed by atoms with Crippen molar-refractivity contribution in [2.24, 2.45) is 0 Å². The molecule has 1 aromatic carbocycles. The summed E-state index contributed by atoms with van der Waals surface area (Å²) >= 11 is 0. The predicted molar refractivity (Wildman–Crippen MR) is 102 cm³/mol.